The van der Waals surface area contributed by atoms with Crippen LogP contribution >= 0.6 is 0 Å². The van der Waals surface area contributed by atoms with Crippen molar-refractivity contribution in [2.45, 2.75) is 19.3 Å². The van der Waals surface area contributed by atoms with Crippen molar-refractivity contribution in [1.29, 1.82) is 0 Å². The SMILES string of the molecule is CC1(C)c2cc(-c3ccc(-c4ccccc4)cc3)ccc2-c2ccc(N(c3ccccc3-c3ccc(-c4ccccc4)cc3)c3cc4ccccc4c4ccccc34)cc21. The van der Waals surface area contributed by atoms with Crippen LogP contribution in [-0.2, 0) is 5.41 Å². The largest absolute Gasteiger partial charge is 0.309 e. The van der Waals surface area contributed by atoms with Gasteiger partial charge in [-0.05, 0) is 108 Å². The summed E-state index contributed by atoms with van der Waals surface area (Å²) in [6, 6.07) is 82.4. The van der Waals surface area contributed by atoms with Gasteiger partial charge in [-0.3, -0.25) is 0 Å². The van der Waals surface area contributed by atoms with Crippen molar-refractivity contribution >= 4 is 38.6 Å². The summed E-state index contributed by atoms with van der Waals surface area (Å²) in [4.78, 5) is 2.51. The van der Waals surface area contributed by atoms with Crippen LogP contribution in [0.1, 0.15) is 25.0 Å². The maximum absolute atomic E-state index is 2.51. The monoisotopic (exact) mass is 765 g/mol. The van der Waals surface area contributed by atoms with Crippen LogP contribution in [0.3, 0.4) is 0 Å². The minimum Gasteiger partial charge on any atom is -0.309 e. The molecule has 0 aromatic heterocycles. The highest BCUT2D eigenvalue weighted by Crippen LogP contribution is 2.53. The third-order valence-corrected chi connectivity index (χ3v) is 12.7. The van der Waals surface area contributed by atoms with Gasteiger partial charge in [0.1, 0.15) is 0 Å². The molecule has 1 heteroatoms. The molecule has 0 spiro atoms. The zero-order valence-electron chi connectivity index (χ0n) is 33.8. The number of anilines is 3. The van der Waals surface area contributed by atoms with Crippen LogP contribution in [0.2, 0.25) is 0 Å². The van der Waals surface area contributed by atoms with Crippen molar-refractivity contribution in [1.82, 2.24) is 0 Å². The first kappa shape index (κ1) is 35.7. The Labute approximate surface area is 352 Å². The maximum Gasteiger partial charge on any atom is 0.0546 e. The molecule has 284 valence electrons. The average molecular weight is 766 g/mol. The van der Waals surface area contributed by atoms with E-state index in [0.717, 1.165) is 17.1 Å². The predicted molar refractivity (Wildman–Crippen MR) is 255 cm³/mol. The number of rotatable bonds is 7. The second kappa shape index (κ2) is 14.4. The van der Waals surface area contributed by atoms with Crippen LogP contribution in [0, 0.1) is 0 Å². The topological polar surface area (TPSA) is 3.24 Å². The first-order valence-electron chi connectivity index (χ1n) is 20.9. The molecule has 0 saturated heterocycles. The van der Waals surface area contributed by atoms with Gasteiger partial charge in [0.25, 0.3) is 0 Å². The molecular formula is C59H43N. The van der Waals surface area contributed by atoms with E-state index in [1.165, 1.54) is 88.3 Å². The van der Waals surface area contributed by atoms with Crippen LogP contribution in [0.25, 0.3) is 77.2 Å². The van der Waals surface area contributed by atoms with E-state index < -0.39 is 0 Å². The molecule has 0 unspecified atom stereocenters. The molecule has 0 radical (unpaired) electrons. The second-order valence-electron chi connectivity index (χ2n) is 16.5. The Balaban J connectivity index is 1.06. The van der Waals surface area contributed by atoms with Gasteiger partial charge in [0, 0.05) is 22.1 Å². The van der Waals surface area contributed by atoms with Gasteiger partial charge in [0.05, 0.1) is 11.4 Å². The van der Waals surface area contributed by atoms with Crippen LogP contribution in [0.4, 0.5) is 17.1 Å². The van der Waals surface area contributed by atoms with E-state index in [9.17, 15) is 0 Å². The standard InChI is InChI=1S/C59H43N/c1-59(2)55-37-46(44-27-25-42(26-28-44)40-15-5-3-6-16-40)33-35-52(55)53-36-34-48(39-56(53)59)60(58-38-47-19-9-10-20-49(47)51-22-11-12-23-54(51)58)57-24-14-13-21-50(57)45-31-29-43(30-32-45)41-17-7-4-8-18-41/h3-39H,1-2H3. The third-order valence-electron chi connectivity index (χ3n) is 12.7. The summed E-state index contributed by atoms with van der Waals surface area (Å²) in [6.45, 7) is 4.78. The lowest BCUT2D eigenvalue weighted by molar-refractivity contribution is 0.660. The Kier molecular flexibility index (Phi) is 8.57. The van der Waals surface area contributed by atoms with Crippen molar-refractivity contribution in [3.63, 3.8) is 0 Å². The molecule has 0 fully saturated rings. The fourth-order valence-electron chi connectivity index (χ4n) is 9.54. The lowest BCUT2D eigenvalue weighted by Gasteiger charge is -2.31. The summed E-state index contributed by atoms with van der Waals surface area (Å²) in [5, 5.41) is 4.95. The van der Waals surface area contributed by atoms with Gasteiger partial charge in [0.2, 0.25) is 0 Å². The first-order chi connectivity index (χ1) is 29.5. The van der Waals surface area contributed by atoms with E-state index in [1.54, 1.807) is 0 Å². The van der Waals surface area contributed by atoms with Crippen molar-refractivity contribution in [3.05, 3.63) is 236 Å². The maximum atomic E-state index is 2.51. The minimum absolute atomic E-state index is 0.218. The fourth-order valence-corrected chi connectivity index (χ4v) is 9.54. The lowest BCUT2D eigenvalue weighted by Crippen LogP contribution is -2.17. The van der Waals surface area contributed by atoms with Crippen molar-refractivity contribution in [3.8, 4) is 55.6 Å². The van der Waals surface area contributed by atoms with Crippen LogP contribution in [0.5, 0.6) is 0 Å². The van der Waals surface area contributed by atoms with Gasteiger partial charge < -0.3 is 4.90 Å². The van der Waals surface area contributed by atoms with Crippen LogP contribution < -0.4 is 4.90 Å². The van der Waals surface area contributed by atoms with E-state index in [0.29, 0.717) is 0 Å². The zero-order chi connectivity index (χ0) is 40.2. The van der Waals surface area contributed by atoms with E-state index in [4.69, 9.17) is 0 Å². The van der Waals surface area contributed by atoms with Gasteiger partial charge in [-0.1, -0.05) is 208 Å². The normalized spacial score (nSPS) is 12.6. The zero-order valence-corrected chi connectivity index (χ0v) is 33.8. The van der Waals surface area contributed by atoms with Gasteiger partial charge >= 0.3 is 0 Å². The lowest BCUT2D eigenvalue weighted by atomic mass is 9.81. The molecule has 0 aliphatic heterocycles. The molecule has 0 amide bonds. The number of hydrogen-bond donors (Lipinski definition) is 0. The highest BCUT2D eigenvalue weighted by atomic mass is 15.1. The van der Waals surface area contributed by atoms with Crippen molar-refractivity contribution in [2.24, 2.45) is 0 Å². The molecule has 10 aromatic rings. The van der Waals surface area contributed by atoms with Gasteiger partial charge in [-0.25, -0.2) is 0 Å². The van der Waals surface area contributed by atoms with E-state index in [2.05, 4.69) is 243 Å². The Bertz CT molecular complexity index is 3200. The molecular weight excluding hydrogens is 723 g/mol. The Hall–Kier alpha value is -7.48. The molecule has 0 atom stereocenters. The molecule has 1 aliphatic carbocycles. The molecule has 0 heterocycles. The molecule has 1 nitrogen and oxygen atoms in total. The predicted octanol–water partition coefficient (Wildman–Crippen LogP) is 16.4. The second-order valence-corrected chi connectivity index (χ2v) is 16.5. The minimum atomic E-state index is -0.218. The van der Waals surface area contributed by atoms with Crippen LogP contribution in [0.15, 0.2) is 224 Å². The quantitative estimate of drug-likeness (QED) is 0.146. The molecule has 10 aromatic carbocycles. The Morgan fingerprint density at radius 3 is 1.43 bits per heavy atom. The smallest absolute Gasteiger partial charge is 0.0546 e. The number of para-hydroxylation sites is 1. The van der Waals surface area contributed by atoms with E-state index in [1.807, 2.05) is 0 Å². The average Bonchev–Trinajstić information content (AvgIpc) is 3.54. The highest BCUT2D eigenvalue weighted by Gasteiger charge is 2.36. The molecule has 0 bridgehead atoms. The van der Waals surface area contributed by atoms with E-state index >= 15 is 0 Å². The summed E-state index contributed by atoms with van der Waals surface area (Å²) >= 11 is 0. The van der Waals surface area contributed by atoms with Gasteiger partial charge in [0.15, 0.2) is 0 Å². The number of fused-ring (bicyclic) bond motifs is 6. The third kappa shape index (κ3) is 6.01. The Morgan fingerprint density at radius 1 is 0.300 bits per heavy atom. The summed E-state index contributed by atoms with van der Waals surface area (Å²) in [5.74, 6) is 0. The number of nitrogens with zero attached hydrogens (tertiary/aromatic N) is 1. The first-order valence-corrected chi connectivity index (χ1v) is 20.9. The molecule has 60 heavy (non-hydrogen) atoms. The molecule has 0 N–H and O–H groups in total. The van der Waals surface area contributed by atoms with Gasteiger partial charge in [-0.15, -0.1) is 0 Å². The summed E-state index contributed by atoms with van der Waals surface area (Å²) < 4.78 is 0. The van der Waals surface area contributed by atoms with E-state index in [-0.39, 0.29) is 5.41 Å². The van der Waals surface area contributed by atoms with Crippen LogP contribution in [-0.4, -0.2) is 0 Å². The molecule has 0 saturated carbocycles. The summed E-state index contributed by atoms with van der Waals surface area (Å²) in [6.07, 6.45) is 0. The highest BCUT2D eigenvalue weighted by molar-refractivity contribution is 6.15. The number of benzene rings is 10. The van der Waals surface area contributed by atoms with Gasteiger partial charge in [-0.2, -0.15) is 0 Å². The summed E-state index contributed by atoms with van der Waals surface area (Å²) in [7, 11) is 0. The molecule has 11 rings (SSSR count). The summed E-state index contributed by atoms with van der Waals surface area (Å²) in [5.41, 5.74) is 18.3. The van der Waals surface area contributed by atoms with Crippen molar-refractivity contribution in [2.75, 3.05) is 4.90 Å². The molecule has 1 aliphatic rings. The number of hydrogen-bond acceptors (Lipinski definition) is 1. The van der Waals surface area contributed by atoms with Crippen molar-refractivity contribution < 1.29 is 0 Å². The fraction of sp³-hybridized carbons (Fsp3) is 0.0508. The Morgan fingerprint density at radius 2 is 0.767 bits per heavy atom.